The summed E-state index contributed by atoms with van der Waals surface area (Å²) in [6.07, 6.45) is -0.243. The summed E-state index contributed by atoms with van der Waals surface area (Å²) in [6, 6.07) is 4.37. The van der Waals surface area contributed by atoms with Crippen LogP contribution in [0.1, 0.15) is 12.5 Å². The SMILES string of the molecule is COC(C)CNS(=O)(=O)c1cc(C(N)=S)ccc1Cl. The molecule has 0 aliphatic carbocycles. The zero-order chi connectivity index (χ0) is 14.6. The molecule has 0 amide bonds. The first kappa shape index (κ1) is 16.3. The second kappa shape index (κ2) is 6.62. The van der Waals surface area contributed by atoms with Gasteiger partial charge in [-0.15, -0.1) is 0 Å². The van der Waals surface area contributed by atoms with Gasteiger partial charge in [0.05, 0.1) is 11.1 Å². The molecule has 1 rings (SSSR count). The molecule has 5 nitrogen and oxygen atoms in total. The Morgan fingerprint density at radius 2 is 2.21 bits per heavy atom. The predicted molar refractivity (Wildman–Crippen MR) is 79.0 cm³/mol. The van der Waals surface area contributed by atoms with Gasteiger partial charge in [-0.1, -0.05) is 29.9 Å². The van der Waals surface area contributed by atoms with Gasteiger partial charge < -0.3 is 10.5 Å². The molecular weight excluding hydrogens is 308 g/mol. The summed E-state index contributed by atoms with van der Waals surface area (Å²) < 4.78 is 31.6. The van der Waals surface area contributed by atoms with Crippen molar-refractivity contribution in [2.45, 2.75) is 17.9 Å². The molecule has 1 aromatic rings. The molecule has 8 heteroatoms. The van der Waals surface area contributed by atoms with Crippen molar-refractivity contribution in [1.29, 1.82) is 0 Å². The smallest absolute Gasteiger partial charge is 0.242 e. The standard InChI is InChI=1S/C11H15ClN2O3S2/c1-7(17-2)6-14-19(15,16)10-5-8(11(13)18)3-4-9(10)12/h3-5,7,14H,6H2,1-2H3,(H2,13,18). The van der Waals surface area contributed by atoms with Crippen LogP contribution >= 0.6 is 23.8 Å². The highest BCUT2D eigenvalue weighted by Crippen LogP contribution is 2.22. The minimum atomic E-state index is -3.73. The van der Waals surface area contributed by atoms with Crippen molar-refractivity contribution in [3.8, 4) is 0 Å². The van der Waals surface area contributed by atoms with Gasteiger partial charge in [-0.05, 0) is 19.1 Å². The molecule has 0 fully saturated rings. The summed E-state index contributed by atoms with van der Waals surface area (Å²) in [5.41, 5.74) is 5.92. The maximum Gasteiger partial charge on any atom is 0.242 e. The molecule has 0 aliphatic rings. The third-order valence-electron chi connectivity index (χ3n) is 2.47. The molecule has 0 bridgehead atoms. The van der Waals surface area contributed by atoms with E-state index >= 15 is 0 Å². The van der Waals surface area contributed by atoms with Crippen LogP contribution in [-0.4, -0.2) is 33.2 Å². The van der Waals surface area contributed by atoms with E-state index in [0.717, 1.165) is 0 Å². The number of benzene rings is 1. The van der Waals surface area contributed by atoms with E-state index in [2.05, 4.69) is 4.72 Å². The number of nitrogens with two attached hydrogens (primary N) is 1. The van der Waals surface area contributed by atoms with E-state index in [1.54, 1.807) is 13.0 Å². The van der Waals surface area contributed by atoms with Crippen molar-refractivity contribution in [1.82, 2.24) is 4.72 Å². The van der Waals surface area contributed by atoms with E-state index in [-0.39, 0.29) is 27.6 Å². The zero-order valence-electron chi connectivity index (χ0n) is 10.5. The summed E-state index contributed by atoms with van der Waals surface area (Å²) in [5.74, 6) is 0. The average Bonchev–Trinajstić information content (AvgIpc) is 2.36. The number of halogens is 1. The van der Waals surface area contributed by atoms with Gasteiger partial charge in [-0.2, -0.15) is 0 Å². The number of rotatable bonds is 6. The summed E-state index contributed by atoms with van der Waals surface area (Å²) in [6.45, 7) is 1.89. The Labute approximate surface area is 123 Å². The largest absolute Gasteiger partial charge is 0.389 e. The monoisotopic (exact) mass is 322 g/mol. The summed E-state index contributed by atoms with van der Waals surface area (Å²) in [7, 11) is -2.23. The summed E-state index contributed by atoms with van der Waals surface area (Å²) in [5, 5.41) is 0.109. The van der Waals surface area contributed by atoms with Crippen molar-refractivity contribution in [2.24, 2.45) is 5.73 Å². The molecule has 1 unspecified atom stereocenters. The van der Waals surface area contributed by atoms with Crippen molar-refractivity contribution in [3.05, 3.63) is 28.8 Å². The van der Waals surface area contributed by atoms with E-state index in [1.165, 1.54) is 19.2 Å². The first-order valence-corrected chi connectivity index (χ1v) is 7.66. The molecule has 0 aromatic heterocycles. The quantitative estimate of drug-likeness (QED) is 0.771. The number of nitrogens with one attached hydrogen (secondary N) is 1. The van der Waals surface area contributed by atoms with E-state index in [9.17, 15) is 8.42 Å². The molecule has 106 valence electrons. The third kappa shape index (κ3) is 4.39. The third-order valence-corrected chi connectivity index (χ3v) is 4.61. The molecule has 0 radical (unpaired) electrons. The second-order valence-corrected chi connectivity index (χ2v) is 6.49. The fraction of sp³-hybridized carbons (Fsp3) is 0.364. The predicted octanol–water partition coefficient (Wildman–Crippen LogP) is 1.29. The van der Waals surface area contributed by atoms with Crippen molar-refractivity contribution < 1.29 is 13.2 Å². The fourth-order valence-electron chi connectivity index (χ4n) is 1.25. The summed E-state index contributed by atoms with van der Waals surface area (Å²) in [4.78, 5) is 0.0566. The van der Waals surface area contributed by atoms with Gasteiger partial charge in [0, 0.05) is 19.2 Å². The molecule has 0 heterocycles. The van der Waals surface area contributed by atoms with Crippen LogP contribution in [0.3, 0.4) is 0 Å². The van der Waals surface area contributed by atoms with Crippen LogP contribution in [0.15, 0.2) is 23.1 Å². The Balaban J connectivity index is 3.06. The molecule has 0 saturated carbocycles. The average molecular weight is 323 g/mol. The number of methoxy groups -OCH3 is 1. The number of hydrogen-bond acceptors (Lipinski definition) is 4. The van der Waals surface area contributed by atoms with Crippen molar-refractivity contribution >= 4 is 38.8 Å². The van der Waals surface area contributed by atoms with Crippen LogP contribution in [0.5, 0.6) is 0 Å². The van der Waals surface area contributed by atoms with Gasteiger partial charge in [-0.3, -0.25) is 0 Å². The number of sulfonamides is 1. The number of thiocarbonyl (C=S) groups is 1. The van der Waals surface area contributed by atoms with Crippen molar-refractivity contribution in [2.75, 3.05) is 13.7 Å². The lowest BCUT2D eigenvalue weighted by Crippen LogP contribution is -2.32. The first-order chi connectivity index (χ1) is 8.77. The normalized spacial score (nSPS) is 13.2. The Bertz CT molecular complexity index is 575. The second-order valence-electron chi connectivity index (χ2n) is 3.91. The Morgan fingerprint density at radius 3 is 2.74 bits per heavy atom. The zero-order valence-corrected chi connectivity index (χ0v) is 12.9. The molecule has 19 heavy (non-hydrogen) atoms. The van der Waals surface area contributed by atoms with Gasteiger partial charge in [0.15, 0.2) is 0 Å². The summed E-state index contributed by atoms with van der Waals surface area (Å²) >= 11 is 10.7. The van der Waals surface area contributed by atoms with Crippen LogP contribution in [0.4, 0.5) is 0 Å². The number of hydrogen-bond donors (Lipinski definition) is 2. The molecule has 3 N–H and O–H groups in total. The Kier molecular flexibility index (Phi) is 5.69. The van der Waals surface area contributed by atoms with Crippen LogP contribution < -0.4 is 10.5 Å². The highest BCUT2D eigenvalue weighted by Gasteiger charge is 2.19. The molecule has 1 aromatic carbocycles. The Hall–Kier alpha value is -0.730. The molecule has 0 spiro atoms. The van der Waals surface area contributed by atoms with E-state index in [0.29, 0.717) is 5.56 Å². The van der Waals surface area contributed by atoms with Gasteiger partial charge >= 0.3 is 0 Å². The number of ether oxygens (including phenoxy) is 1. The van der Waals surface area contributed by atoms with Crippen LogP contribution in [0.2, 0.25) is 5.02 Å². The minimum absolute atomic E-state index is 0.0530. The molecule has 1 atom stereocenters. The lowest BCUT2D eigenvalue weighted by atomic mass is 10.2. The van der Waals surface area contributed by atoms with Crippen LogP contribution in [0, 0.1) is 0 Å². The van der Waals surface area contributed by atoms with Gasteiger partial charge in [-0.25, -0.2) is 13.1 Å². The van der Waals surface area contributed by atoms with Gasteiger partial charge in [0.2, 0.25) is 10.0 Å². The van der Waals surface area contributed by atoms with Crippen LogP contribution in [-0.2, 0) is 14.8 Å². The van der Waals surface area contributed by atoms with E-state index in [1.807, 2.05) is 0 Å². The first-order valence-electron chi connectivity index (χ1n) is 5.39. The van der Waals surface area contributed by atoms with Crippen molar-refractivity contribution in [3.63, 3.8) is 0 Å². The lowest BCUT2D eigenvalue weighted by Gasteiger charge is -2.13. The van der Waals surface area contributed by atoms with Gasteiger partial charge in [0.1, 0.15) is 9.88 Å². The highest BCUT2D eigenvalue weighted by atomic mass is 35.5. The molecule has 0 saturated heterocycles. The maximum absolute atomic E-state index is 12.1. The van der Waals surface area contributed by atoms with Crippen LogP contribution in [0.25, 0.3) is 0 Å². The highest BCUT2D eigenvalue weighted by molar-refractivity contribution is 7.89. The maximum atomic E-state index is 12.1. The molecular formula is C11H15ClN2O3S2. The topological polar surface area (TPSA) is 81.4 Å². The Morgan fingerprint density at radius 1 is 1.58 bits per heavy atom. The van der Waals surface area contributed by atoms with E-state index < -0.39 is 10.0 Å². The van der Waals surface area contributed by atoms with E-state index in [4.69, 9.17) is 34.3 Å². The fourth-order valence-corrected chi connectivity index (χ4v) is 3.02. The lowest BCUT2D eigenvalue weighted by molar-refractivity contribution is 0.122. The van der Waals surface area contributed by atoms with Gasteiger partial charge in [0.25, 0.3) is 0 Å². The minimum Gasteiger partial charge on any atom is -0.389 e. The molecule has 0 aliphatic heterocycles.